The highest BCUT2D eigenvalue weighted by atomic mass is 16.3. The lowest BCUT2D eigenvalue weighted by Crippen LogP contribution is -1.92. The molecule has 10 rings (SSSR count). The van der Waals surface area contributed by atoms with Crippen molar-refractivity contribution in [3.8, 4) is 33.4 Å². The zero-order valence-corrected chi connectivity index (χ0v) is 26.5. The molecule has 0 unspecified atom stereocenters. The molecule has 0 spiro atoms. The van der Waals surface area contributed by atoms with Crippen LogP contribution in [-0.4, -0.2) is 0 Å². The number of hydrogen-bond acceptors (Lipinski definition) is 1. The van der Waals surface area contributed by atoms with E-state index in [0.29, 0.717) is 0 Å². The van der Waals surface area contributed by atoms with Crippen LogP contribution in [-0.2, 0) is 0 Å². The van der Waals surface area contributed by atoms with Crippen LogP contribution in [0.15, 0.2) is 168 Å². The summed E-state index contributed by atoms with van der Waals surface area (Å²) in [6.07, 6.45) is 0. The van der Waals surface area contributed by atoms with E-state index in [2.05, 4.69) is 171 Å². The van der Waals surface area contributed by atoms with Crippen molar-refractivity contribution in [3.63, 3.8) is 0 Å². The van der Waals surface area contributed by atoms with Crippen LogP contribution in [0.3, 0.4) is 0 Å². The van der Waals surface area contributed by atoms with Crippen molar-refractivity contribution < 1.29 is 4.42 Å². The van der Waals surface area contributed by atoms with E-state index in [0.717, 1.165) is 27.5 Å². The summed E-state index contributed by atoms with van der Waals surface area (Å²) in [5.74, 6) is 0. The molecule has 0 aliphatic rings. The maximum absolute atomic E-state index is 6.89. The number of para-hydroxylation sites is 1. The fourth-order valence-electron chi connectivity index (χ4n) is 7.98. The number of fused-ring (bicyclic) bond motifs is 8. The normalized spacial score (nSPS) is 11.9. The molecule has 1 heterocycles. The summed E-state index contributed by atoms with van der Waals surface area (Å²) in [5.41, 5.74) is 10.3. The standard InChI is InChI=1S/C47H30O/c1-29-22-24-30(25-23-29)44-35-16-6-8-18-37(35)45(38-19-9-7-17-36(38)44)41-27-26-39(47-46(41)40-20-10-11-21-43(40)48-47)42-28-31-12-2-3-13-32(31)33-14-4-5-15-34(33)42/h2-28H,1H3. The number of furan rings is 1. The van der Waals surface area contributed by atoms with Crippen LogP contribution in [0.2, 0.25) is 0 Å². The van der Waals surface area contributed by atoms with Crippen LogP contribution >= 0.6 is 0 Å². The van der Waals surface area contributed by atoms with Crippen molar-refractivity contribution >= 4 is 65.0 Å². The Bertz CT molecular complexity index is 2830. The SMILES string of the molecule is Cc1ccc(-c2c3ccccc3c(-c3ccc(-c4cc5ccccc5c5ccccc45)c4oc5ccccc5c34)c3ccccc23)cc1. The second-order valence-electron chi connectivity index (χ2n) is 12.9. The molecule has 0 saturated carbocycles. The predicted octanol–water partition coefficient (Wildman–Crippen LogP) is 13.5. The molecule has 1 nitrogen and oxygen atoms in total. The molecule has 10 aromatic rings. The average Bonchev–Trinajstić information content (AvgIpc) is 3.54. The molecule has 0 fully saturated rings. The molecule has 224 valence electrons. The monoisotopic (exact) mass is 610 g/mol. The van der Waals surface area contributed by atoms with Crippen LogP contribution in [0.5, 0.6) is 0 Å². The van der Waals surface area contributed by atoms with Gasteiger partial charge in [0.1, 0.15) is 11.2 Å². The first kappa shape index (κ1) is 27.0. The Kier molecular flexibility index (Phi) is 5.86. The fourth-order valence-corrected chi connectivity index (χ4v) is 7.98. The van der Waals surface area contributed by atoms with Gasteiger partial charge < -0.3 is 4.42 Å². The second kappa shape index (κ2) is 10.4. The summed E-state index contributed by atoms with van der Waals surface area (Å²) >= 11 is 0. The van der Waals surface area contributed by atoms with Crippen molar-refractivity contribution in [3.05, 3.63) is 169 Å². The highest BCUT2D eigenvalue weighted by molar-refractivity contribution is 6.27. The molecule has 0 atom stereocenters. The Morgan fingerprint density at radius 2 is 0.896 bits per heavy atom. The van der Waals surface area contributed by atoms with Gasteiger partial charge in [-0.25, -0.2) is 0 Å². The van der Waals surface area contributed by atoms with Gasteiger partial charge in [-0.05, 0) is 96.0 Å². The zero-order valence-electron chi connectivity index (χ0n) is 26.5. The molecule has 0 aliphatic carbocycles. The lowest BCUT2D eigenvalue weighted by Gasteiger charge is -2.19. The van der Waals surface area contributed by atoms with Crippen molar-refractivity contribution in [2.45, 2.75) is 6.92 Å². The minimum absolute atomic E-state index is 0.899. The second-order valence-corrected chi connectivity index (χ2v) is 12.9. The average molecular weight is 611 g/mol. The highest BCUT2D eigenvalue weighted by Gasteiger charge is 2.23. The van der Waals surface area contributed by atoms with E-state index in [1.807, 2.05) is 0 Å². The maximum atomic E-state index is 6.89. The molecule has 0 bridgehead atoms. The van der Waals surface area contributed by atoms with Crippen molar-refractivity contribution in [2.75, 3.05) is 0 Å². The summed E-state index contributed by atoms with van der Waals surface area (Å²) in [6.45, 7) is 2.15. The molecule has 48 heavy (non-hydrogen) atoms. The molecular weight excluding hydrogens is 581 g/mol. The van der Waals surface area contributed by atoms with Crippen molar-refractivity contribution in [1.82, 2.24) is 0 Å². The van der Waals surface area contributed by atoms with Crippen LogP contribution in [0.25, 0.3) is 98.4 Å². The molecule has 0 amide bonds. The topological polar surface area (TPSA) is 13.1 Å². The Morgan fingerprint density at radius 3 is 1.58 bits per heavy atom. The molecule has 0 N–H and O–H groups in total. The third-order valence-corrected chi connectivity index (χ3v) is 10.1. The Morgan fingerprint density at radius 1 is 0.375 bits per heavy atom. The highest BCUT2D eigenvalue weighted by Crippen LogP contribution is 2.49. The van der Waals surface area contributed by atoms with Crippen LogP contribution in [0, 0.1) is 6.92 Å². The summed E-state index contributed by atoms with van der Waals surface area (Å²) in [7, 11) is 0. The largest absolute Gasteiger partial charge is 0.455 e. The fraction of sp³-hybridized carbons (Fsp3) is 0.0213. The predicted molar refractivity (Wildman–Crippen MR) is 205 cm³/mol. The van der Waals surface area contributed by atoms with Gasteiger partial charge in [-0.2, -0.15) is 0 Å². The van der Waals surface area contributed by atoms with Gasteiger partial charge in [-0.3, -0.25) is 0 Å². The number of hydrogen-bond donors (Lipinski definition) is 0. The van der Waals surface area contributed by atoms with E-state index in [-0.39, 0.29) is 0 Å². The van der Waals surface area contributed by atoms with Gasteiger partial charge in [0.15, 0.2) is 0 Å². The smallest absolute Gasteiger partial charge is 0.143 e. The van der Waals surface area contributed by atoms with Crippen molar-refractivity contribution in [1.29, 1.82) is 0 Å². The van der Waals surface area contributed by atoms with E-state index in [9.17, 15) is 0 Å². The third kappa shape index (κ3) is 3.91. The molecule has 0 radical (unpaired) electrons. The van der Waals surface area contributed by atoms with Gasteiger partial charge in [0.25, 0.3) is 0 Å². The van der Waals surface area contributed by atoms with Gasteiger partial charge in [0.2, 0.25) is 0 Å². The van der Waals surface area contributed by atoms with Gasteiger partial charge >= 0.3 is 0 Å². The molecule has 0 saturated heterocycles. The van der Waals surface area contributed by atoms with Crippen LogP contribution in [0.1, 0.15) is 5.56 Å². The van der Waals surface area contributed by atoms with Gasteiger partial charge in [0.05, 0.1) is 0 Å². The van der Waals surface area contributed by atoms with Gasteiger partial charge in [0, 0.05) is 16.3 Å². The molecule has 0 aliphatic heterocycles. The van der Waals surface area contributed by atoms with Crippen molar-refractivity contribution in [2.24, 2.45) is 0 Å². The van der Waals surface area contributed by atoms with E-state index in [1.54, 1.807) is 0 Å². The first-order valence-electron chi connectivity index (χ1n) is 16.6. The lowest BCUT2D eigenvalue weighted by atomic mass is 9.84. The lowest BCUT2D eigenvalue weighted by molar-refractivity contribution is 0.670. The van der Waals surface area contributed by atoms with E-state index >= 15 is 0 Å². The van der Waals surface area contributed by atoms with E-state index < -0.39 is 0 Å². The molecule has 1 aromatic heterocycles. The number of benzene rings is 9. The Balaban J connectivity index is 1.35. The minimum atomic E-state index is 0.899. The molecular formula is C47H30O. The Hall–Kier alpha value is -6.18. The molecule has 9 aromatic carbocycles. The van der Waals surface area contributed by atoms with Gasteiger partial charge in [-0.1, -0.05) is 151 Å². The molecule has 1 heteroatoms. The zero-order chi connectivity index (χ0) is 31.8. The first-order chi connectivity index (χ1) is 23.7. The number of rotatable bonds is 3. The first-order valence-corrected chi connectivity index (χ1v) is 16.6. The Labute approximate surface area is 278 Å². The summed E-state index contributed by atoms with van der Waals surface area (Å²) in [5, 5.41) is 12.2. The summed E-state index contributed by atoms with van der Waals surface area (Å²) < 4.78 is 6.89. The van der Waals surface area contributed by atoms with Crippen LogP contribution in [0.4, 0.5) is 0 Å². The van der Waals surface area contributed by atoms with E-state index in [1.165, 1.54) is 76.5 Å². The van der Waals surface area contributed by atoms with Crippen LogP contribution < -0.4 is 0 Å². The third-order valence-electron chi connectivity index (χ3n) is 10.1. The van der Waals surface area contributed by atoms with E-state index in [4.69, 9.17) is 4.42 Å². The number of aryl methyl sites for hydroxylation is 1. The quantitative estimate of drug-likeness (QED) is 0.143. The summed E-state index contributed by atoms with van der Waals surface area (Å²) in [4.78, 5) is 0. The summed E-state index contributed by atoms with van der Waals surface area (Å²) in [6, 6.07) is 59.6. The van der Waals surface area contributed by atoms with Gasteiger partial charge in [-0.15, -0.1) is 0 Å². The minimum Gasteiger partial charge on any atom is -0.455 e. The maximum Gasteiger partial charge on any atom is 0.143 e.